The highest BCUT2D eigenvalue weighted by Crippen LogP contribution is 2.16. The van der Waals surface area contributed by atoms with Crippen LogP contribution >= 0.6 is 0 Å². The minimum absolute atomic E-state index is 0.0553. The van der Waals surface area contributed by atoms with Crippen LogP contribution in [0.25, 0.3) is 0 Å². The zero-order chi connectivity index (χ0) is 15.2. The molecule has 21 heavy (non-hydrogen) atoms. The molecule has 3 heteroatoms. The third kappa shape index (κ3) is 4.35. The molecule has 0 atom stereocenters. The molecule has 1 amide bonds. The molecule has 2 aromatic carbocycles. The molecule has 0 saturated heterocycles. The van der Waals surface area contributed by atoms with Crippen molar-refractivity contribution in [2.75, 3.05) is 5.32 Å². The fraction of sp³-hybridized carbons (Fsp3) is 0.278. The summed E-state index contributed by atoms with van der Waals surface area (Å²) >= 11 is 0. The highest BCUT2D eigenvalue weighted by Gasteiger charge is 2.11. The number of para-hydroxylation sites is 1. The summed E-state index contributed by atoms with van der Waals surface area (Å²) in [6.45, 7) is 6.70. The topological polar surface area (TPSA) is 41.1 Å². The van der Waals surface area contributed by atoms with Gasteiger partial charge in [-0.3, -0.25) is 4.79 Å². The molecule has 0 unspecified atom stereocenters. The quantitative estimate of drug-likeness (QED) is 0.877. The van der Waals surface area contributed by atoms with Crippen LogP contribution in [-0.4, -0.2) is 11.9 Å². The van der Waals surface area contributed by atoms with Crippen molar-refractivity contribution >= 4 is 11.6 Å². The normalized spacial score (nSPS) is 10.5. The number of hydrogen-bond acceptors (Lipinski definition) is 2. The van der Waals surface area contributed by atoms with Crippen molar-refractivity contribution in [1.82, 2.24) is 5.32 Å². The highest BCUT2D eigenvalue weighted by molar-refractivity contribution is 5.99. The molecule has 2 rings (SSSR count). The molecule has 0 heterocycles. The van der Waals surface area contributed by atoms with Gasteiger partial charge in [0.15, 0.2) is 0 Å². The second-order valence-electron chi connectivity index (χ2n) is 5.52. The number of rotatable bonds is 5. The Labute approximate surface area is 126 Å². The summed E-state index contributed by atoms with van der Waals surface area (Å²) in [6.07, 6.45) is 0. The van der Waals surface area contributed by atoms with E-state index in [4.69, 9.17) is 0 Å². The first-order valence-electron chi connectivity index (χ1n) is 7.25. The van der Waals surface area contributed by atoms with Crippen molar-refractivity contribution in [2.24, 2.45) is 0 Å². The van der Waals surface area contributed by atoms with Crippen molar-refractivity contribution < 1.29 is 4.79 Å². The average molecular weight is 282 g/mol. The third-order valence-electron chi connectivity index (χ3n) is 3.15. The summed E-state index contributed by atoms with van der Waals surface area (Å²) in [5.41, 5.74) is 3.86. The van der Waals surface area contributed by atoms with Gasteiger partial charge < -0.3 is 10.6 Å². The number of aryl methyl sites for hydroxylation is 1. The van der Waals surface area contributed by atoms with E-state index in [-0.39, 0.29) is 11.9 Å². The first-order chi connectivity index (χ1) is 10.1. The van der Waals surface area contributed by atoms with Gasteiger partial charge in [-0.05, 0) is 38.5 Å². The summed E-state index contributed by atoms with van der Waals surface area (Å²) in [6, 6.07) is 16.0. The number of carbonyl (C=O) groups is 1. The fourth-order valence-corrected chi connectivity index (χ4v) is 2.22. The van der Waals surface area contributed by atoms with Crippen molar-refractivity contribution in [2.45, 2.75) is 33.4 Å². The Morgan fingerprint density at radius 3 is 2.57 bits per heavy atom. The second kappa shape index (κ2) is 6.93. The van der Waals surface area contributed by atoms with Gasteiger partial charge in [-0.1, -0.05) is 42.0 Å². The molecular weight excluding hydrogens is 260 g/mol. The van der Waals surface area contributed by atoms with Gasteiger partial charge in [-0.25, -0.2) is 0 Å². The van der Waals surface area contributed by atoms with Crippen LogP contribution in [-0.2, 0) is 6.54 Å². The minimum Gasteiger partial charge on any atom is -0.382 e. The summed E-state index contributed by atoms with van der Waals surface area (Å²) in [7, 11) is 0. The van der Waals surface area contributed by atoms with Gasteiger partial charge in [0.1, 0.15) is 0 Å². The van der Waals surface area contributed by atoms with Gasteiger partial charge >= 0.3 is 0 Å². The van der Waals surface area contributed by atoms with E-state index in [1.165, 1.54) is 5.56 Å². The number of anilines is 1. The van der Waals surface area contributed by atoms with Crippen LogP contribution in [0.4, 0.5) is 5.69 Å². The van der Waals surface area contributed by atoms with Gasteiger partial charge in [0.05, 0.1) is 5.56 Å². The van der Waals surface area contributed by atoms with Crippen LogP contribution in [0, 0.1) is 6.92 Å². The maximum Gasteiger partial charge on any atom is 0.253 e. The molecule has 2 N–H and O–H groups in total. The summed E-state index contributed by atoms with van der Waals surface area (Å²) in [4.78, 5) is 12.4. The lowest BCUT2D eigenvalue weighted by Crippen LogP contribution is -2.24. The number of nitrogens with one attached hydrogen (secondary N) is 2. The van der Waals surface area contributed by atoms with Crippen LogP contribution in [0.2, 0.25) is 0 Å². The Kier molecular flexibility index (Phi) is 4.99. The molecule has 2 aromatic rings. The van der Waals surface area contributed by atoms with Crippen molar-refractivity contribution in [3.63, 3.8) is 0 Å². The lowest BCUT2D eigenvalue weighted by atomic mass is 10.1. The Balaban J connectivity index is 2.07. The first-order valence-corrected chi connectivity index (χ1v) is 7.25. The highest BCUT2D eigenvalue weighted by atomic mass is 16.1. The van der Waals surface area contributed by atoms with E-state index < -0.39 is 0 Å². The number of carbonyl (C=O) groups excluding carboxylic acids is 1. The summed E-state index contributed by atoms with van der Waals surface area (Å²) < 4.78 is 0. The van der Waals surface area contributed by atoms with Gasteiger partial charge in [0, 0.05) is 18.3 Å². The monoisotopic (exact) mass is 282 g/mol. The molecule has 0 saturated carbocycles. The first kappa shape index (κ1) is 15.1. The average Bonchev–Trinajstić information content (AvgIpc) is 2.45. The molecule has 0 aliphatic rings. The van der Waals surface area contributed by atoms with Crippen molar-refractivity contribution in [3.05, 3.63) is 65.2 Å². The van der Waals surface area contributed by atoms with Crippen molar-refractivity contribution in [1.29, 1.82) is 0 Å². The molecule has 0 fully saturated rings. The largest absolute Gasteiger partial charge is 0.382 e. The third-order valence-corrected chi connectivity index (χ3v) is 3.15. The van der Waals surface area contributed by atoms with Gasteiger partial charge in [0.2, 0.25) is 0 Å². The Morgan fingerprint density at radius 1 is 1.10 bits per heavy atom. The van der Waals surface area contributed by atoms with Crippen LogP contribution in [0.3, 0.4) is 0 Å². The Bertz CT molecular complexity index is 620. The SMILES string of the molecule is Cc1cccc(CNC(=O)c2ccccc2NC(C)C)c1. The fourth-order valence-electron chi connectivity index (χ4n) is 2.22. The van der Waals surface area contributed by atoms with E-state index in [0.29, 0.717) is 12.1 Å². The maximum absolute atomic E-state index is 12.4. The standard InChI is InChI=1S/C18H22N2O/c1-13(2)20-17-10-5-4-9-16(17)18(21)19-12-15-8-6-7-14(3)11-15/h4-11,13,20H,12H2,1-3H3,(H,19,21). The Morgan fingerprint density at radius 2 is 1.86 bits per heavy atom. The molecule has 110 valence electrons. The minimum atomic E-state index is -0.0553. The van der Waals surface area contributed by atoms with Crippen molar-refractivity contribution in [3.8, 4) is 0 Å². The maximum atomic E-state index is 12.4. The molecule has 0 aliphatic carbocycles. The molecule has 0 aromatic heterocycles. The van der Waals surface area contributed by atoms with Crippen LogP contribution in [0.1, 0.15) is 35.3 Å². The number of hydrogen-bond donors (Lipinski definition) is 2. The molecule has 0 spiro atoms. The summed E-state index contributed by atoms with van der Waals surface area (Å²) in [5.74, 6) is -0.0553. The molecule has 0 bridgehead atoms. The Hall–Kier alpha value is -2.29. The molecule has 0 aliphatic heterocycles. The van der Waals surface area contributed by atoms with Gasteiger partial charge in [0.25, 0.3) is 5.91 Å². The smallest absolute Gasteiger partial charge is 0.253 e. The summed E-state index contributed by atoms with van der Waals surface area (Å²) in [5, 5.41) is 6.28. The number of amides is 1. The van der Waals surface area contributed by atoms with E-state index in [1.807, 2.05) is 49.4 Å². The molecule has 3 nitrogen and oxygen atoms in total. The molecular formula is C18H22N2O. The van der Waals surface area contributed by atoms with Crippen LogP contribution in [0.15, 0.2) is 48.5 Å². The van der Waals surface area contributed by atoms with Crippen LogP contribution < -0.4 is 10.6 Å². The van der Waals surface area contributed by atoms with Crippen LogP contribution in [0.5, 0.6) is 0 Å². The van der Waals surface area contributed by atoms with E-state index >= 15 is 0 Å². The van der Waals surface area contributed by atoms with E-state index in [1.54, 1.807) is 0 Å². The van der Waals surface area contributed by atoms with E-state index in [0.717, 1.165) is 11.3 Å². The predicted octanol–water partition coefficient (Wildman–Crippen LogP) is 3.75. The van der Waals surface area contributed by atoms with E-state index in [9.17, 15) is 4.79 Å². The predicted molar refractivity (Wildman–Crippen MR) is 87.5 cm³/mol. The second-order valence-corrected chi connectivity index (χ2v) is 5.52. The molecule has 0 radical (unpaired) electrons. The van der Waals surface area contributed by atoms with E-state index in [2.05, 4.69) is 30.5 Å². The van der Waals surface area contributed by atoms with Gasteiger partial charge in [-0.15, -0.1) is 0 Å². The lowest BCUT2D eigenvalue weighted by molar-refractivity contribution is 0.0951. The zero-order valence-corrected chi connectivity index (χ0v) is 12.8. The lowest BCUT2D eigenvalue weighted by Gasteiger charge is -2.14. The number of benzene rings is 2. The zero-order valence-electron chi connectivity index (χ0n) is 12.8. The van der Waals surface area contributed by atoms with Gasteiger partial charge in [-0.2, -0.15) is 0 Å².